The summed E-state index contributed by atoms with van der Waals surface area (Å²) in [7, 11) is 0. The lowest BCUT2D eigenvalue weighted by Crippen LogP contribution is -2.37. The molecule has 1 fully saturated rings. The van der Waals surface area contributed by atoms with Crippen molar-refractivity contribution in [1.82, 2.24) is 19.4 Å². The van der Waals surface area contributed by atoms with Crippen molar-refractivity contribution >= 4 is 34.5 Å². The molecule has 0 aromatic carbocycles. The van der Waals surface area contributed by atoms with E-state index in [1.165, 1.54) is 6.33 Å². The number of imidazole rings is 1. The Bertz CT molecular complexity index is 1150. The maximum atomic E-state index is 13.0. The van der Waals surface area contributed by atoms with Crippen molar-refractivity contribution in [1.29, 1.82) is 0 Å². The SMILES string of the molecule is O=C(Nc1c(-c2cccs2)nc2ccccn12)c1cc(N2CCOCC2)ncn1. The second-order valence-electron chi connectivity index (χ2n) is 6.53. The number of carbonyl (C=O) groups is 1. The minimum atomic E-state index is -0.301. The van der Waals surface area contributed by atoms with Crippen molar-refractivity contribution in [2.24, 2.45) is 0 Å². The molecule has 0 saturated carbocycles. The van der Waals surface area contributed by atoms with Gasteiger partial charge in [0, 0.05) is 25.4 Å². The molecule has 9 heteroatoms. The molecule has 1 N–H and O–H groups in total. The summed E-state index contributed by atoms with van der Waals surface area (Å²) in [5, 5.41) is 4.99. The van der Waals surface area contributed by atoms with E-state index in [0.717, 1.165) is 35.1 Å². The van der Waals surface area contributed by atoms with E-state index in [0.29, 0.717) is 24.7 Å². The molecule has 0 unspecified atom stereocenters. The zero-order chi connectivity index (χ0) is 19.6. The molecule has 146 valence electrons. The van der Waals surface area contributed by atoms with E-state index in [2.05, 4.69) is 20.2 Å². The maximum Gasteiger partial charge on any atom is 0.275 e. The third kappa shape index (κ3) is 3.45. The van der Waals surface area contributed by atoms with E-state index in [1.807, 2.05) is 46.3 Å². The molecular weight excluding hydrogens is 388 g/mol. The average molecular weight is 406 g/mol. The van der Waals surface area contributed by atoms with Gasteiger partial charge in [0.25, 0.3) is 5.91 Å². The Labute approximate surface area is 170 Å². The van der Waals surface area contributed by atoms with Gasteiger partial charge in [0.2, 0.25) is 0 Å². The molecule has 4 aromatic rings. The van der Waals surface area contributed by atoms with Gasteiger partial charge in [-0.1, -0.05) is 12.1 Å². The van der Waals surface area contributed by atoms with E-state index in [1.54, 1.807) is 17.4 Å². The molecule has 1 aliphatic heterocycles. The molecule has 1 saturated heterocycles. The fourth-order valence-corrected chi connectivity index (χ4v) is 4.02. The normalized spacial score (nSPS) is 14.3. The number of pyridine rings is 1. The Morgan fingerprint density at radius 1 is 1.14 bits per heavy atom. The predicted octanol–water partition coefficient (Wildman–Crippen LogP) is 2.94. The van der Waals surface area contributed by atoms with Gasteiger partial charge in [0.15, 0.2) is 0 Å². The second kappa shape index (κ2) is 7.61. The van der Waals surface area contributed by atoms with Gasteiger partial charge in [-0.3, -0.25) is 9.20 Å². The van der Waals surface area contributed by atoms with Gasteiger partial charge in [-0.25, -0.2) is 15.0 Å². The highest BCUT2D eigenvalue weighted by Crippen LogP contribution is 2.32. The summed E-state index contributed by atoms with van der Waals surface area (Å²) in [4.78, 5) is 29.3. The minimum absolute atomic E-state index is 0.301. The van der Waals surface area contributed by atoms with Crippen LogP contribution in [0.15, 0.2) is 54.3 Å². The first kappa shape index (κ1) is 17.8. The number of fused-ring (bicyclic) bond motifs is 1. The van der Waals surface area contributed by atoms with Crippen LogP contribution in [-0.2, 0) is 4.74 Å². The molecular formula is C20H18N6O2S. The van der Waals surface area contributed by atoms with Gasteiger partial charge >= 0.3 is 0 Å². The quantitative estimate of drug-likeness (QED) is 0.561. The highest BCUT2D eigenvalue weighted by molar-refractivity contribution is 7.13. The van der Waals surface area contributed by atoms with Gasteiger partial charge in [-0.05, 0) is 23.6 Å². The number of morpholine rings is 1. The Morgan fingerprint density at radius 3 is 2.86 bits per heavy atom. The topological polar surface area (TPSA) is 84.7 Å². The number of aromatic nitrogens is 4. The lowest BCUT2D eigenvalue weighted by Gasteiger charge is -2.27. The number of hydrogen-bond donors (Lipinski definition) is 1. The number of amides is 1. The molecule has 5 heterocycles. The maximum absolute atomic E-state index is 13.0. The van der Waals surface area contributed by atoms with Crippen LogP contribution in [0, 0.1) is 0 Å². The number of carbonyl (C=O) groups excluding carboxylic acids is 1. The molecule has 8 nitrogen and oxygen atoms in total. The first-order chi connectivity index (χ1) is 14.3. The number of ether oxygens (including phenoxy) is 1. The zero-order valence-corrected chi connectivity index (χ0v) is 16.3. The number of anilines is 2. The molecule has 1 aliphatic rings. The van der Waals surface area contributed by atoms with Crippen molar-refractivity contribution < 1.29 is 9.53 Å². The molecule has 0 bridgehead atoms. The summed E-state index contributed by atoms with van der Waals surface area (Å²) in [6, 6.07) is 11.4. The van der Waals surface area contributed by atoms with E-state index < -0.39 is 0 Å². The summed E-state index contributed by atoms with van der Waals surface area (Å²) in [6.07, 6.45) is 3.31. The minimum Gasteiger partial charge on any atom is -0.378 e. The molecule has 0 atom stereocenters. The van der Waals surface area contributed by atoms with Gasteiger partial charge in [-0.2, -0.15) is 0 Å². The van der Waals surface area contributed by atoms with Crippen molar-refractivity contribution in [2.75, 3.05) is 36.5 Å². The largest absolute Gasteiger partial charge is 0.378 e. The summed E-state index contributed by atoms with van der Waals surface area (Å²) < 4.78 is 7.26. The van der Waals surface area contributed by atoms with Crippen LogP contribution < -0.4 is 10.2 Å². The van der Waals surface area contributed by atoms with Crippen LogP contribution in [0.25, 0.3) is 16.2 Å². The van der Waals surface area contributed by atoms with Gasteiger partial charge in [-0.15, -0.1) is 11.3 Å². The summed E-state index contributed by atoms with van der Waals surface area (Å²) >= 11 is 1.58. The Balaban J connectivity index is 1.48. The Morgan fingerprint density at radius 2 is 2.03 bits per heavy atom. The number of hydrogen-bond acceptors (Lipinski definition) is 7. The van der Waals surface area contributed by atoms with Crippen molar-refractivity contribution in [3.05, 3.63) is 60.0 Å². The Kier molecular flexibility index (Phi) is 4.66. The fourth-order valence-electron chi connectivity index (χ4n) is 3.31. The van der Waals surface area contributed by atoms with Gasteiger partial charge in [0.05, 0.1) is 18.1 Å². The van der Waals surface area contributed by atoms with E-state index in [9.17, 15) is 4.79 Å². The summed E-state index contributed by atoms with van der Waals surface area (Å²) in [5.41, 5.74) is 1.81. The molecule has 1 amide bonds. The third-order valence-electron chi connectivity index (χ3n) is 4.74. The van der Waals surface area contributed by atoms with Crippen LogP contribution >= 0.6 is 11.3 Å². The van der Waals surface area contributed by atoms with Gasteiger partial charge in [0.1, 0.15) is 35.0 Å². The lowest BCUT2D eigenvalue weighted by molar-refractivity contribution is 0.102. The van der Waals surface area contributed by atoms with E-state index in [4.69, 9.17) is 9.72 Å². The van der Waals surface area contributed by atoms with Crippen molar-refractivity contribution in [2.45, 2.75) is 0 Å². The van der Waals surface area contributed by atoms with Crippen LogP contribution in [0.4, 0.5) is 11.6 Å². The van der Waals surface area contributed by atoms with Crippen molar-refractivity contribution in [3.63, 3.8) is 0 Å². The second-order valence-corrected chi connectivity index (χ2v) is 7.48. The van der Waals surface area contributed by atoms with Gasteiger partial charge < -0.3 is 15.0 Å². The molecule has 0 aliphatic carbocycles. The third-order valence-corrected chi connectivity index (χ3v) is 5.61. The zero-order valence-electron chi connectivity index (χ0n) is 15.5. The molecule has 0 radical (unpaired) electrons. The number of thiophene rings is 1. The number of rotatable bonds is 4. The van der Waals surface area contributed by atoms with Crippen molar-refractivity contribution in [3.8, 4) is 10.6 Å². The average Bonchev–Trinajstić information content (AvgIpc) is 3.43. The fraction of sp³-hybridized carbons (Fsp3) is 0.200. The molecule has 4 aromatic heterocycles. The summed E-state index contributed by atoms with van der Waals surface area (Å²) in [5.74, 6) is 1.05. The Hall–Kier alpha value is -3.30. The lowest BCUT2D eigenvalue weighted by atomic mass is 10.3. The molecule has 29 heavy (non-hydrogen) atoms. The highest BCUT2D eigenvalue weighted by atomic mass is 32.1. The van der Waals surface area contributed by atoms with Crippen LogP contribution in [0.1, 0.15) is 10.5 Å². The molecule has 5 rings (SSSR count). The smallest absolute Gasteiger partial charge is 0.275 e. The molecule has 0 spiro atoms. The van der Waals surface area contributed by atoms with Crippen LogP contribution in [-0.4, -0.2) is 51.6 Å². The highest BCUT2D eigenvalue weighted by Gasteiger charge is 2.20. The predicted molar refractivity (Wildman–Crippen MR) is 112 cm³/mol. The standard InChI is InChI=1S/C20H18N6O2S/c27-20(14-12-17(22-13-21-14)25-7-9-28-10-8-25)24-19-18(15-4-3-11-29-15)23-16-5-1-2-6-26(16)19/h1-6,11-13H,7-10H2,(H,24,27). The first-order valence-electron chi connectivity index (χ1n) is 9.26. The van der Waals surface area contributed by atoms with Crippen LogP contribution in [0.2, 0.25) is 0 Å². The van der Waals surface area contributed by atoms with Crippen LogP contribution in [0.3, 0.4) is 0 Å². The number of nitrogens with zero attached hydrogens (tertiary/aromatic N) is 5. The monoisotopic (exact) mass is 406 g/mol. The van der Waals surface area contributed by atoms with E-state index >= 15 is 0 Å². The number of nitrogens with one attached hydrogen (secondary N) is 1. The van der Waals surface area contributed by atoms with E-state index in [-0.39, 0.29) is 5.91 Å². The summed E-state index contributed by atoms with van der Waals surface area (Å²) in [6.45, 7) is 2.79. The van der Waals surface area contributed by atoms with Crippen LogP contribution in [0.5, 0.6) is 0 Å². The first-order valence-corrected chi connectivity index (χ1v) is 10.1.